The maximum atomic E-state index is 10.7. The molecule has 0 aliphatic heterocycles. The zero-order valence-corrected chi connectivity index (χ0v) is 10.9. The maximum Gasteiger partial charge on any atom is 0.216 e. The number of rotatable bonds is 4. The highest BCUT2D eigenvalue weighted by Gasteiger charge is 2.19. The fourth-order valence-electron chi connectivity index (χ4n) is 1.31. The van der Waals surface area contributed by atoms with Crippen molar-refractivity contribution in [3.63, 3.8) is 0 Å². The molecule has 2 unspecified atom stereocenters. The largest absolute Gasteiger partial charge is 0.398 e. The normalized spacial score (nSPS) is 14.1. The predicted octanol–water partition coefficient (Wildman–Crippen LogP) is 0.562. The number of carbonyl (C=O) groups excluding carboxylic acids is 1. The van der Waals surface area contributed by atoms with Gasteiger partial charge in [0.1, 0.15) is 12.2 Å². The van der Waals surface area contributed by atoms with Gasteiger partial charge in [-0.2, -0.15) is 0 Å². The van der Waals surface area contributed by atoms with Gasteiger partial charge in [-0.05, 0) is 33.6 Å². The van der Waals surface area contributed by atoms with Gasteiger partial charge in [-0.1, -0.05) is 6.07 Å². The summed E-state index contributed by atoms with van der Waals surface area (Å²) in [6.07, 6.45) is -2.13. The molecule has 0 spiro atoms. The molecule has 2 atom stereocenters. The van der Waals surface area contributed by atoms with Crippen LogP contribution in [0.2, 0.25) is 0 Å². The lowest BCUT2D eigenvalue weighted by Gasteiger charge is -2.18. The van der Waals surface area contributed by atoms with Crippen LogP contribution in [0.1, 0.15) is 18.6 Å². The molecule has 1 amide bonds. The molecule has 0 aromatic heterocycles. The maximum absolute atomic E-state index is 10.7. The Morgan fingerprint density at radius 1 is 1.53 bits per heavy atom. The Morgan fingerprint density at radius 2 is 2.18 bits per heavy atom. The Morgan fingerprint density at radius 3 is 2.71 bits per heavy atom. The van der Waals surface area contributed by atoms with Crippen LogP contribution < -0.4 is 11.1 Å². The van der Waals surface area contributed by atoms with E-state index in [4.69, 9.17) is 5.73 Å². The van der Waals surface area contributed by atoms with Gasteiger partial charge in [-0.15, -0.1) is 0 Å². The zero-order chi connectivity index (χ0) is 13.0. The standard InChI is InChI=1S/C11H15BrN2O3/c1-6(15)14-5-10(16)11(17)7-2-3-9(13)8(12)4-7/h2-4,10-11,16-17H,5,13H2,1H3,(H,14,15). The van der Waals surface area contributed by atoms with Crippen molar-refractivity contribution in [2.24, 2.45) is 0 Å². The number of nitrogens with one attached hydrogen (secondary N) is 1. The van der Waals surface area contributed by atoms with Crippen molar-refractivity contribution in [2.75, 3.05) is 12.3 Å². The van der Waals surface area contributed by atoms with E-state index >= 15 is 0 Å². The number of aliphatic hydroxyl groups is 2. The molecule has 1 aromatic carbocycles. The fourth-order valence-corrected chi connectivity index (χ4v) is 1.71. The lowest BCUT2D eigenvalue weighted by molar-refractivity contribution is -0.119. The van der Waals surface area contributed by atoms with Gasteiger partial charge in [-0.25, -0.2) is 0 Å². The molecule has 6 heteroatoms. The Balaban J connectivity index is 2.70. The first-order valence-electron chi connectivity index (χ1n) is 5.07. The predicted molar refractivity (Wildman–Crippen MR) is 68.2 cm³/mol. The highest BCUT2D eigenvalue weighted by Crippen LogP contribution is 2.25. The number of halogens is 1. The second-order valence-corrected chi connectivity index (χ2v) is 4.58. The van der Waals surface area contributed by atoms with Gasteiger partial charge in [0.05, 0.1) is 0 Å². The van der Waals surface area contributed by atoms with Crippen LogP contribution in [0.4, 0.5) is 5.69 Å². The minimum absolute atomic E-state index is 0.00149. The smallest absolute Gasteiger partial charge is 0.216 e. The number of anilines is 1. The van der Waals surface area contributed by atoms with Crippen LogP contribution >= 0.6 is 15.9 Å². The topological polar surface area (TPSA) is 95.6 Å². The van der Waals surface area contributed by atoms with Crippen molar-refractivity contribution in [3.8, 4) is 0 Å². The van der Waals surface area contributed by atoms with E-state index in [-0.39, 0.29) is 12.5 Å². The minimum atomic E-state index is -1.07. The lowest BCUT2D eigenvalue weighted by atomic mass is 10.0. The van der Waals surface area contributed by atoms with Gasteiger partial charge in [0.25, 0.3) is 0 Å². The van der Waals surface area contributed by atoms with Crippen LogP contribution in [-0.4, -0.2) is 28.8 Å². The first-order chi connectivity index (χ1) is 7.91. The van der Waals surface area contributed by atoms with E-state index in [9.17, 15) is 15.0 Å². The average Bonchev–Trinajstić information content (AvgIpc) is 2.28. The lowest BCUT2D eigenvalue weighted by Crippen LogP contribution is -2.34. The van der Waals surface area contributed by atoms with Crippen molar-refractivity contribution < 1.29 is 15.0 Å². The molecule has 0 bridgehead atoms. The molecule has 0 radical (unpaired) electrons. The van der Waals surface area contributed by atoms with E-state index in [0.717, 1.165) is 0 Å². The van der Waals surface area contributed by atoms with E-state index in [1.807, 2.05) is 0 Å². The molecule has 0 aliphatic rings. The zero-order valence-electron chi connectivity index (χ0n) is 9.35. The minimum Gasteiger partial charge on any atom is -0.398 e. The van der Waals surface area contributed by atoms with Crippen molar-refractivity contribution in [3.05, 3.63) is 28.2 Å². The van der Waals surface area contributed by atoms with Gasteiger partial charge in [0, 0.05) is 23.6 Å². The number of hydrogen-bond acceptors (Lipinski definition) is 4. The molecule has 1 aromatic rings. The van der Waals surface area contributed by atoms with Gasteiger partial charge in [0.2, 0.25) is 5.91 Å². The molecule has 17 heavy (non-hydrogen) atoms. The Bertz CT molecular complexity index is 412. The third-order valence-corrected chi connectivity index (χ3v) is 2.98. The highest BCUT2D eigenvalue weighted by molar-refractivity contribution is 9.10. The SMILES string of the molecule is CC(=O)NCC(O)C(O)c1ccc(N)c(Br)c1. The first kappa shape index (κ1) is 14.0. The molecular weight excluding hydrogens is 288 g/mol. The summed E-state index contributed by atoms with van der Waals surface area (Å²) in [5, 5.41) is 22.0. The van der Waals surface area contributed by atoms with Crippen LogP contribution in [0, 0.1) is 0 Å². The summed E-state index contributed by atoms with van der Waals surface area (Å²) in [7, 11) is 0. The number of benzene rings is 1. The van der Waals surface area contributed by atoms with E-state index in [2.05, 4.69) is 21.2 Å². The third kappa shape index (κ3) is 3.99. The number of amides is 1. The van der Waals surface area contributed by atoms with E-state index < -0.39 is 12.2 Å². The summed E-state index contributed by atoms with van der Waals surface area (Å²) >= 11 is 3.24. The second-order valence-electron chi connectivity index (χ2n) is 3.73. The summed E-state index contributed by atoms with van der Waals surface area (Å²) in [6, 6.07) is 4.90. The van der Waals surface area contributed by atoms with Crippen LogP contribution in [0.3, 0.4) is 0 Å². The molecule has 5 nitrogen and oxygen atoms in total. The Kier molecular flexibility index (Phi) is 4.92. The number of carbonyl (C=O) groups is 1. The molecule has 0 saturated heterocycles. The third-order valence-electron chi connectivity index (χ3n) is 2.29. The summed E-state index contributed by atoms with van der Waals surface area (Å²) in [5.74, 6) is -0.255. The Labute approximate surface area is 108 Å². The van der Waals surface area contributed by atoms with Gasteiger partial charge >= 0.3 is 0 Å². The highest BCUT2D eigenvalue weighted by atomic mass is 79.9. The van der Waals surface area contributed by atoms with Gasteiger partial charge in [-0.3, -0.25) is 4.79 Å². The average molecular weight is 303 g/mol. The summed E-state index contributed by atoms with van der Waals surface area (Å²) in [5.41, 5.74) is 6.70. The molecule has 5 N–H and O–H groups in total. The van der Waals surface area contributed by atoms with Gasteiger partial charge in [0.15, 0.2) is 0 Å². The molecule has 0 heterocycles. The summed E-state index contributed by atoms with van der Waals surface area (Å²) in [6.45, 7) is 1.34. The molecule has 94 valence electrons. The van der Waals surface area contributed by atoms with E-state index in [1.54, 1.807) is 18.2 Å². The van der Waals surface area contributed by atoms with Crippen molar-refractivity contribution in [1.82, 2.24) is 5.32 Å². The molecular formula is C11H15BrN2O3. The van der Waals surface area contributed by atoms with Crippen molar-refractivity contribution >= 4 is 27.5 Å². The number of hydrogen-bond donors (Lipinski definition) is 4. The van der Waals surface area contributed by atoms with E-state index in [0.29, 0.717) is 15.7 Å². The first-order valence-corrected chi connectivity index (χ1v) is 5.86. The van der Waals surface area contributed by atoms with Crippen LogP contribution in [0.15, 0.2) is 22.7 Å². The van der Waals surface area contributed by atoms with Crippen molar-refractivity contribution in [1.29, 1.82) is 0 Å². The van der Waals surface area contributed by atoms with Crippen LogP contribution in [-0.2, 0) is 4.79 Å². The quantitative estimate of drug-likeness (QED) is 0.611. The summed E-state index contributed by atoms with van der Waals surface area (Å²) in [4.78, 5) is 10.7. The van der Waals surface area contributed by atoms with Crippen molar-refractivity contribution in [2.45, 2.75) is 19.1 Å². The van der Waals surface area contributed by atoms with Gasteiger partial charge < -0.3 is 21.3 Å². The number of nitrogens with two attached hydrogens (primary N) is 1. The Hall–Kier alpha value is -1.11. The number of aliphatic hydroxyl groups excluding tert-OH is 2. The number of nitrogen functional groups attached to an aromatic ring is 1. The fraction of sp³-hybridized carbons (Fsp3) is 0.364. The summed E-state index contributed by atoms with van der Waals surface area (Å²) < 4.78 is 0.653. The molecule has 0 fully saturated rings. The van der Waals surface area contributed by atoms with Crippen LogP contribution in [0.25, 0.3) is 0 Å². The second kappa shape index (κ2) is 6.00. The molecule has 1 rings (SSSR count). The molecule has 0 saturated carbocycles. The van der Waals surface area contributed by atoms with Crippen LogP contribution in [0.5, 0.6) is 0 Å². The monoisotopic (exact) mass is 302 g/mol. The van der Waals surface area contributed by atoms with E-state index in [1.165, 1.54) is 6.92 Å². The molecule has 0 aliphatic carbocycles.